The van der Waals surface area contributed by atoms with E-state index in [0.717, 1.165) is 22.2 Å². The number of aromatic nitrogens is 2. The second kappa shape index (κ2) is 15.9. The molecule has 1 unspecified atom stereocenters. The number of anilines is 2. The fraction of sp³-hybridized carbons (Fsp3) is 0.194. The highest BCUT2D eigenvalue weighted by Crippen LogP contribution is 2.29. The lowest BCUT2D eigenvalue weighted by Gasteiger charge is -2.15. The summed E-state index contributed by atoms with van der Waals surface area (Å²) < 4.78 is 9.47. The van der Waals surface area contributed by atoms with E-state index < -0.39 is 11.8 Å². The second-order valence-corrected chi connectivity index (χ2v) is 12.2. The molecule has 43 heavy (non-hydrogen) atoms. The molecule has 0 radical (unpaired) electrons. The van der Waals surface area contributed by atoms with Crippen LogP contribution in [0.3, 0.4) is 0 Å². The summed E-state index contributed by atoms with van der Waals surface area (Å²) in [6, 6.07) is 23.0. The Kier molecular flexibility index (Phi) is 11.8. The maximum absolute atomic E-state index is 13.5. The third-order valence-corrected chi connectivity index (χ3v) is 8.73. The van der Waals surface area contributed by atoms with Crippen molar-refractivity contribution in [3.8, 4) is 5.75 Å². The number of nitrogens with zero attached hydrogens (tertiary/aromatic N) is 2. The Balaban J connectivity index is 1.48. The van der Waals surface area contributed by atoms with Crippen molar-refractivity contribution in [1.82, 2.24) is 14.7 Å². The maximum atomic E-state index is 13.5. The molecular weight excluding hydrogens is 603 g/mol. The lowest BCUT2D eigenvalue weighted by Crippen LogP contribution is -2.30. The van der Waals surface area contributed by atoms with E-state index in [1.54, 1.807) is 79.9 Å². The van der Waals surface area contributed by atoms with Crippen LogP contribution in [-0.4, -0.2) is 45.2 Å². The quantitative estimate of drug-likeness (QED) is 0.112. The number of benzene rings is 3. The number of carbonyl (C=O) groups is 3. The minimum absolute atomic E-state index is 0.0700. The van der Waals surface area contributed by atoms with Gasteiger partial charge in [-0.05, 0) is 66.3 Å². The predicted octanol–water partition coefficient (Wildman–Crippen LogP) is 6.58. The van der Waals surface area contributed by atoms with Gasteiger partial charge in [-0.15, -0.1) is 11.8 Å². The third-order valence-electron chi connectivity index (χ3n) is 5.90. The molecule has 3 N–H and O–H groups in total. The average molecular weight is 634 g/mol. The normalized spacial score (nSPS) is 11.8. The van der Waals surface area contributed by atoms with Crippen molar-refractivity contribution >= 4 is 69.7 Å². The zero-order valence-electron chi connectivity index (χ0n) is 23.8. The van der Waals surface area contributed by atoms with Gasteiger partial charge in [-0.3, -0.25) is 19.7 Å². The zero-order chi connectivity index (χ0) is 30.6. The van der Waals surface area contributed by atoms with Gasteiger partial charge in [0.1, 0.15) is 11.4 Å². The Morgan fingerprint density at radius 2 is 1.74 bits per heavy atom. The van der Waals surface area contributed by atoms with Gasteiger partial charge in [0.2, 0.25) is 16.2 Å². The van der Waals surface area contributed by atoms with E-state index in [4.69, 9.17) is 4.74 Å². The Bertz CT molecular complexity index is 1580. The fourth-order valence-corrected chi connectivity index (χ4v) is 6.06. The number of methoxy groups -OCH3 is 1. The SMILES string of the molecule is CCSc1nsc(NC(=O)C(CC)Sc2cccc(NC(=O)/C(=C\c3ccc(OC)cc3)NC(=O)c3ccccc3)c2)n1. The first-order valence-electron chi connectivity index (χ1n) is 13.5. The standard InChI is InChI=1S/C31H31N5O4S3/c1-4-26(29(39)34-30-35-31(36-43-30)41-5-2)42-24-13-9-12-22(19-24)32-28(38)25(18-20-14-16-23(40-3)17-15-20)33-27(37)21-10-7-6-8-11-21/h6-19,26H,4-5H2,1-3H3,(H,32,38)(H,33,37)(H,34,35,36,39)/b25-18+. The van der Waals surface area contributed by atoms with E-state index in [9.17, 15) is 14.4 Å². The molecule has 0 spiro atoms. The van der Waals surface area contributed by atoms with Crippen LogP contribution in [-0.2, 0) is 9.59 Å². The number of thioether (sulfide) groups is 2. The monoisotopic (exact) mass is 633 g/mol. The summed E-state index contributed by atoms with van der Waals surface area (Å²) >= 11 is 4.06. The van der Waals surface area contributed by atoms with Crippen LogP contribution in [0.2, 0.25) is 0 Å². The maximum Gasteiger partial charge on any atom is 0.272 e. The molecule has 0 aliphatic heterocycles. The third kappa shape index (κ3) is 9.43. The Hall–Kier alpha value is -4.13. The van der Waals surface area contributed by atoms with Gasteiger partial charge in [0, 0.05) is 27.7 Å². The van der Waals surface area contributed by atoms with Gasteiger partial charge < -0.3 is 15.4 Å². The molecule has 0 aliphatic rings. The van der Waals surface area contributed by atoms with Crippen molar-refractivity contribution < 1.29 is 19.1 Å². The molecule has 3 amide bonds. The van der Waals surface area contributed by atoms with Gasteiger partial charge in [-0.25, -0.2) is 0 Å². The molecule has 9 nitrogen and oxygen atoms in total. The number of carbonyl (C=O) groups excluding carboxylic acids is 3. The molecule has 0 saturated heterocycles. The van der Waals surface area contributed by atoms with Gasteiger partial charge in [0.05, 0.1) is 12.4 Å². The van der Waals surface area contributed by atoms with Crippen molar-refractivity contribution in [2.45, 2.75) is 35.6 Å². The van der Waals surface area contributed by atoms with E-state index in [0.29, 0.717) is 39.3 Å². The first kappa shape index (κ1) is 31.8. The van der Waals surface area contributed by atoms with Crippen molar-refractivity contribution in [3.05, 3.63) is 95.7 Å². The van der Waals surface area contributed by atoms with Gasteiger partial charge in [0.15, 0.2) is 0 Å². The number of ether oxygens (including phenoxy) is 1. The number of nitrogens with one attached hydrogen (secondary N) is 3. The Morgan fingerprint density at radius 1 is 0.977 bits per heavy atom. The molecular formula is C31H31N5O4S3. The molecule has 1 aromatic heterocycles. The molecule has 12 heteroatoms. The number of rotatable bonds is 13. The predicted molar refractivity (Wildman–Crippen MR) is 175 cm³/mol. The average Bonchev–Trinajstić information content (AvgIpc) is 3.47. The van der Waals surface area contributed by atoms with Gasteiger partial charge in [0.25, 0.3) is 11.8 Å². The van der Waals surface area contributed by atoms with Crippen LogP contribution in [0.15, 0.2) is 94.6 Å². The van der Waals surface area contributed by atoms with E-state index in [1.165, 1.54) is 23.5 Å². The van der Waals surface area contributed by atoms with Crippen LogP contribution in [0, 0.1) is 0 Å². The van der Waals surface area contributed by atoms with E-state index in [-0.39, 0.29) is 16.9 Å². The second-order valence-electron chi connectivity index (χ2n) is 8.95. The minimum atomic E-state index is -0.496. The van der Waals surface area contributed by atoms with Gasteiger partial charge in [-0.2, -0.15) is 9.36 Å². The molecule has 4 rings (SSSR count). The molecule has 0 aliphatic carbocycles. The highest BCUT2D eigenvalue weighted by Gasteiger charge is 2.21. The summed E-state index contributed by atoms with van der Waals surface area (Å²) in [6.45, 7) is 3.95. The summed E-state index contributed by atoms with van der Waals surface area (Å²) in [5.41, 5.74) is 1.72. The summed E-state index contributed by atoms with van der Waals surface area (Å²) in [6.07, 6.45) is 2.19. The minimum Gasteiger partial charge on any atom is -0.497 e. The number of amides is 3. The first-order valence-corrected chi connectivity index (χ1v) is 16.1. The molecule has 3 aromatic carbocycles. The largest absolute Gasteiger partial charge is 0.497 e. The molecule has 1 heterocycles. The lowest BCUT2D eigenvalue weighted by atomic mass is 10.1. The summed E-state index contributed by atoms with van der Waals surface area (Å²) in [7, 11) is 1.58. The first-order chi connectivity index (χ1) is 20.9. The van der Waals surface area contributed by atoms with Crippen LogP contribution in [0.25, 0.3) is 6.08 Å². The van der Waals surface area contributed by atoms with Crippen LogP contribution < -0.4 is 20.7 Å². The molecule has 0 saturated carbocycles. The van der Waals surface area contributed by atoms with E-state index in [2.05, 4.69) is 25.3 Å². The summed E-state index contributed by atoms with van der Waals surface area (Å²) in [5.74, 6) is 0.451. The topological polar surface area (TPSA) is 122 Å². The fourth-order valence-electron chi connectivity index (χ4n) is 3.78. The summed E-state index contributed by atoms with van der Waals surface area (Å²) in [4.78, 5) is 44.5. The number of hydrogen-bond donors (Lipinski definition) is 3. The zero-order valence-corrected chi connectivity index (χ0v) is 26.3. The summed E-state index contributed by atoms with van der Waals surface area (Å²) in [5, 5.41) is 9.21. The van der Waals surface area contributed by atoms with Gasteiger partial charge in [-0.1, -0.05) is 62.0 Å². The van der Waals surface area contributed by atoms with E-state index in [1.807, 2.05) is 26.0 Å². The lowest BCUT2D eigenvalue weighted by molar-refractivity contribution is -0.116. The van der Waals surface area contributed by atoms with Crippen molar-refractivity contribution in [3.63, 3.8) is 0 Å². The van der Waals surface area contributed by atoms with Crippen LogP contribution in [0.5, 0.6) is 5.75 Å². The highest BCUT2D eigenvalue weighted by atomic mass is 32.2. The van der Waals surface area contributed by atoms with E-state index >= 15 is 0 Å². The molecule has 0 fully saturated rings. The van der Waals surface area contributed by atoms with Crippen LogP contribution in [0.4, 0.5) is 10.8 Å². The molecule has 0 bridgehead atoms. The number of hydrogen-bond acceptors (Lipinski definition) is 9. The van der Waals surface area contributed by atoms with Crippen molar-refractivity contribution in [2.24, 2.45) is 0 Å². The molecule has 4 aromatic rings. The van der Waals surface area contributed by atoms with Gasteiger partial charge >= 0.3 is 0 Å². The molecule has 222 valence electrons. The van der Waals surface area contributed by atoms with Crippen molar-refractivity contribution in [1.29, 1.82) is 0 Å². The van der Waals surface area contributed by atoms with Crippen LogP contribution in [0.1, 0.15) is 36.2 Å². The Labute approximate surface area is 263 Å². The Morgan fingerprint density at radius 3 is 2.44 bits per heavy atom. The van der Waals surface area contributed by atoms with Crippen molar-refractivity contribution in [2.75, 3.05) is 23.5 Å². The highest BCUT2D eigenvalue weighted by molar-refractivity contribution is 8.00. The van der Waals surface area contributed by atoms with Crippen LogP contribution >= 0.6 is 35.1 Å². The molecule has 1 atom stereocenters. The smallest absolute Gasteiger partial charge is 0.272 e.